The predicted molar refractivity (Wildman–Crippen MR) is 75.6 cm³/mol. The number of nitrogens with zero attached hydrogens (tertiary/aromatic N) is 2. The minimum absolute atomic E-state index is 0.402. The van der Waals surface area contributed by atoms with Crippen LogP contribution in [0, 0.1) is 10.1 Å². The molecule has 21 heavy (non-hydrogen) atoms. The molecule has 1 heterocycles. The summed E-state index contributed by atoms with van der Waals surface area (Å²) in [7, 11) is -4.02. The second-order valence-electron chi connectivity index (χ2n) is 4.93. The quantitative estimate of drug-likeness (QED) is 0.618. The molecule has 8 heteroatoms. The normalized spacial score (nSPS) is 15.7. The summed E-state index contributed by atoms with van der Waals surface area (Å²) in [5.74, 6) is -1.22. The lowest BCUT2D eigenvalue weighted by Gasteiger charge is -2.26. The van der Waals surface area contributed by atoms with E-state index >= 15 is 0 Å². The van der Waals surface area contributed by atoms with Crippen LogP contribution in [0.4, 0.5) is 5.69 Å². The van der Waals surface area contributed by atoms with Gasteiger partial charge in [-0.25, -0.2) is 8.42 Å². The van der Waals surface area contributed by atoms with Crippen molar-refractivity contribution in [2.75, 3.05) is 18.8 Å². The fourth-order valence-corrected chi connectivity index (χ4v) is 3.76. The van der Waals surface area contributed by atoms with Crippen molar-refractivity contribution in [2.45, 2.75) is 24.2 Å². The van der Waals surface area contributed by atoms with Crippen molar-refractivity contribution in [1.29, 1.82) is 0 Å². The lowest BCUT2D eigenvalue weighted by atomic mass is 10.1. The van der Waals surface area contributed by atoms with E-state index in [1.54, 1.807) is 0 Å². The smallest absolute Gasteiger partial charge is 0.287 e. The maximum atomic E-state index is 12.3. The highest BCUT2D eigenvalue weighted by Crippen LogP contribution is 2.24. The number of amides is 1. The topological polar surface area (TPSA) is 97.6 Å². The van der Waals surface area contributed by atoms with E-state index in [9.17, 15) is 23.3 Å². The zero-order valence-corrected chi connectivity index (χ0v) is 12.2. The fourth-order valence-electron chi connectivity index (χ4n) is 2.35. The summed E-state index contributed by atoms with van der Waals surface area (Å²) in [5.41, 5.74) is -0.496. The van der Waals surface area contributed by atoms with Crippen LogP contribution in [0.15, 0.2) is 29.2 Å². The monoisotopic (exact) mass is 312 g/mol. The van der Waals surface area contributed by atoms with Crippen molar-refractivity contribution in [3.05, 3.63) is 34.4 Å². The number of likely N-dealkylation sites (tertiary alicyclic amines) is 1. The van der Waals surface area contributed by atoms with Gasteiger partial charge >= 0.3 is 0 Å². The molecule has 1 saturated heterocycles. The van der Waals surface area contributed by atoms with Crippen LogP contribution >= 0.6 is 0 Å². The Morgan fingerprint density at radius 1 is 1.19 bits per heavy atom. The standard InChI is InChI=1S/C13H16N2O5S/c16-13(14-8-4-1-5-9-14)10-21(19,20)12-7-3-2-6-11(12)15(17)18/h2-3,6-7H,1,4-5,8-10H2. The summed E-state index contributed by atoms with van der Waals surface area (Å²) in [4.78, 5) is 23.3. The Morgan fingerprint density at radius 3 is 2.43 bits per heavy atom. The number of nitro benzene ring substituents is 1. The molecule has 0 aromatic heterocycles. The van der Waals surface area contributed by atoms with Crippen LogP contribution in [-0.2, 0) is 14.6 Å². The zero-order chi connectivity index (χ0) is 15.5. The average Bonchev–Trinajstić information content (AvgIpc) is 2.47. The van der Waals surface area contributed by atoms with Crippen molar-refractivity contribution in [3.63, 3.8) is 0 Å². The van der Waals surface area contributed by atoms with Crippen LogP contribution in [0.25, 0.3) is 0 Å². The lowest BCUT2D eigenvalue weighted by molar-refractivity contribution is -0.387. The van der Waals surface area contributed by atoms with Gasteiger partial charge in [0.1, 0.15) is 10.6 Å². The van der Waals surface area contributed by atoms with Crippen LogP contribution in [0.3, 0.4) is 0 Å². The molecule has 0 atom stereocenters. The number of benzene rings is 1. The van der Waals surface area contributed by atoms with Gasteiger partial charge in [0.15, 0.2) is 9.84 Å². The van der Waals surface area contributed by atoms with Crippen LogP contribution in [0.5, 0.6) is 0 Å². The molecule has 1 amide bonds. The van der Waals surface area contributed by atoms with E-state index in [0.29, 0.717) is 13.1 Å². The SMILES string of the molecule is O=C(CS(=O)(=O)c1ccccc1[N+](=O)[O-])N1CCCCC1. The van der Waals surface area contributed by atoms with E-state index in [-0.39, 0.29) is 0 Å². The number of carbonyl (C=O) groups excluding carboxylic acids is 1. The van der Waals surface area contributed by atoms with E-state index < -0.39 is 37.0 Å². The number of carbonyl (C=O) groups is 1. The maximum Gasteiger partial charge on any atom is 0.287 e. The van der Waals surface area contributed by atoms with Crippen LogP contribution in [0.2, 0.25) is 0 Å². The largest absolute Gasteiger partial charge is 0.342 e. The molecule has 1 fully saturated rings. The highest BCUT2D eigenvalue weighted by Gasteiger charge is 2.29. The second-order valence-corrected chi connectivity index (χ2v) is 6.88. The Kier molecular flexibility index (Phi) is 4.56. The van der Waals surface area contributed by atoms with Crippen molar-refractivity contribution >= 4 is 21.4 Å². The minimum Gasteiger partial charge on any atom is -0.342 e. The number of hydrogen-bond acceptors (Lipinski definition) is 5. The van der Waals surface area contributed by atoms with Gasteiger partial charge in [-0.3, -0.25) is 14.9 Å². The molecule has 0 aliphatic carbocycles. The summed E-state index contributed by atoms with van der Waals surface area (Å²) in [6, 6.07) is 5.09. The number of para-hydroxylation sites is 1. The van der Waals surface area contributed by atoms with E-state index in [1.165, 1.54) is 17.0 Å². The fraction of sp³-hybridized carbons (Fsp3) is 0.462. The third-order valence-electron chi connectivity index (χ3n) is 3.42. The van der Waals surface area contributed by atoms with Crippen molar-refractivity contribution in [3.8, 4) is 0 Å². The minimum atomic E-state index is -4.02. The molecule has 114 valence electrons. The van der Waals surface area contributed by atoms with E-state index in [1.807, 2.05) is 0 Å². The van der Waals surface area contributed by atoms with Crippen LogP contribution in [0.1, 0.15) is 19.3 Å². The zero-order valence-electron chi connectivity index (χ0n) is 11.4. The summed E-state index contributed by atoms with van der Waals surface area (Å²) in [6.45, 7) is 1.09. The summed E-state index contributed by atoms with van der Waals surface area (Å²) < 4.78 is 24.5. The molecule has 0 unspecified atom stereocenters. The third-order valence-corrected chi connectivity index (χ3v) is 5.06. The van der Waals surface area contributed by atoms with Gasteiger partial charge in [0.2, 0.25) is 5.91 Å². The Morgan fingerprint density at radius 2 is 1.81 bits per heavy atom. The van der Waals surface area contributed by atoms with Gasteiger partial charge in [0, 0.05) is 19.2 Å². The first kappa shape index (κ1) is 15.4. The molecule has 0 spiro atoms. The van der Waals surface area contributed by atoms with Gasteiger partial charge in [-0.15, -0.1) is 0 Å². The van der Waals surface area contributed by atoms with Crippen LogP contribution < -0.4 is 0 Å². The number of rotatable bonds is 4. The first-order valence-corrected chi connectivity index (χ1v) is 8.31. The van der Waals surface area contributed by atoms with Gasteiger partial charge in [-0.2, -0.15) is 0 Å². The van der Waals surface area contributed by atoms with Crippen LogP contribution in [-0.4, -0.2) is 43.0 Å². The highest BCUT2D eigenvalue weighted by molar-refractivity contribution is 7.92. The average molecular weight is 312 g/mol. The van der Waals surface area contributed by atoms with Gasteiger partial charge in [-0.1, -0.05) is 12.1 Å². The second kappa shape index (κ2) is 6.21. The highest BCUT2D eigenvalue weighted by atomic mass is 32.2. The number of piperidine rings is 1. The summed E-state index contributed by atoms with van der Waals surface area (Å²) >= 11 is 0. The summed E-state index contributed by atoms with van der Waals surface area (Å²) in [6.07, 6.45) is 2.75. The maximum absolute atomic E-state index is 12.3. The molecule has 0 saturated carbocycles. The Bertz CT molecular complexity index is 650. The van der Waals surface area contributed by atoms with Crippen molar-refractivity contribution in [1.82, 2.24) is 4.90 Å². The molecule has 2 rings (SSSR count). The van der Waals surface area contributed by atoms with Gasteiger partial charge in [-0.05, 0) is 25.3 Å². The van der Waals surface area contributed by atoms with Crippen molar-refractivity contribution in [2.24, 2.45) is 0 Å². The van der Waals surface area contributed by atoms with E-state index in [2.05, 4.69) is 0 Å². The number of nitro groups is 1. The third kappa shape index (κ3) is 3.57. The molecule has 1 aliphatic heterocycles. The molecule has 7 nitrogen and oxygen atoms in total. The molecule has 1 aliphatic rings. The molecular formula is C13H16N2O5S. The molecule has 0 N–H and O–H groups in total. The Hall–Kier alpha value is -1.96. The molecule has 0 bridgehead atoms. The first-order chi connectivity index (χ1) is 9.92. The molecular weight excluding hydrogens is 296 g/mol. The van der Waals surface area contributed by atoms with Crippen molar-refractivity contribution < 1.29 is 18.1 Å². The van der Waals surface area contributed by atoms with E-state index in [4.69, 9.17) is 0 Å². The summed E-state index contributed by atoms with van der Waals surface area (Å²) in [5, 5.41) is 10.9. The first-order valence-electron chi connectivity index (χ1n) is 6.66. The van der Waals surface area contributed by atoms with Gasteiger partial charge < -0.3 is 4.90 Å². The molecule has 1 aromatic rings. The van der Waals surface area contributed by atoms with Gasteiger partial charge in [0.05, 0.1) is 4.92 Å². The van der Waals surface area contributed by atoms with Gasteiger partial charge in [0.25, 0.3) is 5.69 Å². The Labute approximate surface area is 122 Å². The molecule has 0 radical (unpaired) electrons. The lowest BCUT2D eigenvalue weighted by Crippen LogP contribution is -2.39. The molecule has 1 aromatic carbocycles. The van der Waals surface area contributed by atoms with E-state index in [0.717, 1.165) is 31.4 Å². The number of sulfone groups is 1. The Balaban J connectivity index is 2.22. The predicted octanol–water partition coefficient (Wildman–Crippen LogP) is 1.38. The number of hydrogen-bond donors (Lipinski definition) is 0.